The Morgan fingerprint density at radius 3 is 2.50 bits per heavy atom. The molecular formula is C8H14N2O2. The average molecular weight is 170 g/mol. The first-order valence-electron chi connectivity index (χ1n) is 4.21. The molecule has 1 unspecified atom stereocenters. The first kappa shape index (κ1) is 9.03. The van der Waals surface area contributed by atoms with Crippen LogP contribution in [-0.4, -0.2) is 18.0 Å². The summed E-state index contributed by atoms with van der Waals surface area (Å²) in [5.41, 5.74) is 0. The van der Waals surface area contributed by atoms with Crippen molar-refractivity contribution in [3.05, 3.63) is 0 Å². The summed E-state index contributed by atoms with van der Waals surface area (Å²) in [6.45, 7) is 4.18. The van der Waals surface area contributed by atoms with Crippen molar-refractivity contribution in [3.63, 3.8) is 0 Å². The predicted molar refractivity (Wildman–Crippen MR) is 44.5 cm³/mol. The molecule has 0 radical (unpaired) electrons. The topological polar surface area (TPSA) is 58.2 Å². The maximum atomic E-state index is 11.0. The van der Waals surface area contributed by atoms with Crippen LogP contribution in [0.15, 0.2) is 0 Å². The third kappa shape index (κ3) is 2.22. The molecule has 1 saturated heterocycles. The van der Waals surface area contributed by atoms with Gasteiger partial charge in [-0.1, -0.05) is 13.8 Å². The number of carbonyl (C=O) groups is 2. The summed E-state index contributed by atoms with van der Waals surface area (Å²) in [6.07, 6.45) is 1.69. The molecule has 0 aromatic heterocycles. The van der Waals surface area contributed by atoms with Crippen molar-refractivity contribution in [3.8, 4) is 0 Å². The van der Waals surface area contributed by atoms with Crippen molar-refractivity contribution in [2.75, 3.05) is 0 Å². The summed E-state index contributed by atoms with van der Waals surface area (Å²) in [6, 6.07) is -0.673. The van der Waals surface area contributed by atoms with Crippen molar-refractivity contribution in [2.45, 2.75) is 32.7 Å². The number of hydrogen-bond donors (Lipinski definition) is 2. The lowest BCUT2D eigenvalue weighted by Gasteiger charge is -2.08. The van der Waals surface area contributed by atoms with E-state index in [-0.39, 0.29) is 18.0 Å². The molecule has 0 aliphatic carbocycles. The maximum absolute atomic E-state index is 11.0. The molecule has 4 heteroatoms. The molecule has 1 atom stereocenters. The van der Waals surface area contributed by atoms with Crippen LogP contribution in [0.1, 0.15) is 26.7 Å². The Hall–Kier alpha value is -1.06. The van der Waals surface area contributed by atoms with Crippen LogP contribution in [0.25, 0.3) is 0 Å². The van der Waals surface area contributed by atoms with Gasteiger partial charge >= 0.3 is 6.03 Å². The molecule has 2 N–H and O–H groups in total. The minimum atomic E-state index is -0.367. The van der Waals surface area contributed by atoms with Crippen molar-refractivity contribution in [1.29, 1.82) is 0 Å². The summed E-state index contributed by atoms with van der Waals surface area (Å²) in [4.78, 5) is 21.7. The monoisotopic (exact) mass is 170 g/mol. The molecule has 0 bridgehead atoms. The lowest BCUT2D eigenvalue weighted by Crippen LogP contribution is -2.28. The minimum Gasteiger partial charge on any atom is -0.326 e. The number of amides is 3. The molecular weight excluding hydrogens is 156 g/mol. The second-order valence-corrected chi connectivity index (χ2v) is 3.49. The fourth-order valence-electron chi connectivity index (χ4n) is 1.16. The summed E-state index contributed by atoms with van der Waals surface area (Å²) in [5, 5.41) is 4.76. The Balaban J connectivity index is 2.33. The SMILES string of the molecule is CC(C)CCC1NC(=O)NC1=O. The van der Waals surface area contributed by atoms with E-state index in [0.717, 1.165) is 12.8 Å². The van der Waals surface area contributed by atoms with Crippen LogP contribution in [0.2, 0.25) is 0 Å². The van der Waals surface area contributed by atoms with Gasteiger partial charge < -0.3 is 5.32 Å². The largest absolute Gasteiger partial charge is 0.326 e. The van der Waals surface area contributed by atoms with Gasteiger partial charge in [0.15, 0.2) is 0 Å². The van der Waals surface area contributed by atoms with Gasteiger partial charge in [0.1, 0.15) is 6.04 Å². The quantitative estimate of drug-likeness (QED) is 0.610. The van der Waals surface area contributed by atoms with E-state index in [1.165, 1.54) is 0 Å². The highest BCUT2D eigenvalue weighted by Crippen LogP contribution is 2.08. The van der Waals surface area contributed by atoms with Gasteiger partial charge in [0, 0.05) is 0 Å². The Morgan fingerprint density at radius 1 is 1.42 bits per heavy atom. The number of rotatable bonds is 3. The van der Waals surface area contributed by atoms with Crippen LogP contribution in [0.4, 0.5) is 4.79 Å². The number of hydrogen-bond acceptors (Lipinski definition) is 2. The number of imide groups is 1. The second-order valence-electron chi connectivity index (χ2n) is 3.49. The van der Waals surface area contributed by atoms with Crippen LogP contribution in [0.3, 0.4) is 0 Å². The Kier molecular flexibility index (Phi) is 2.68. The van der Waals surface area contributed by atoms with E-state index < -0.39 is 0 Å². The van der Waals surface area contributed by atoms with E-state index in [1.54, 1.807) is 0 Å². The predicted octanol–water partition coefficient (Wildman–Crippen LogP) is 0.631. The van der Waals surface area contributed by atoms with Crippen LogP contribution >= 0.6 is 0 Å². The summed E-state index contributed by atoms with van der Waals surface area (Å²) < 4.78 is 0. The molecule has 1 aliphatic heterocycles. The Labute approximate surface area is 71.7 Å². The van der Waals surface area contributed by atoms with Gasteiger partial charge in [-0.3, -0.25) is 10.1 Å². The second kappa shape index (κ2) is 3.56. The normalized spacial score (nSPS) is 22.8. The zero-order chi connectivity index (χ0) is 9.14. The van der Waals surface area contributed by atoms with Gasteiger partial charge in [0.05, 0.1) is 0 Å². The number of carbonyl (C=O) groups excluding carboxylic acids is 2. The van der Waals surface area contributed by atoms with Crippen LogP contribution in [0, 0.1) is 5.92 Å². The molecule has 1 aliphatic rings. The van der Waals surface area contributed by atoms with Crippen molar-refractivity contribution in [2.24, 2.45) is 5.92 Å². The van der Waals surface area contributed by atoms with Crippen LogP contribution in [0.5, 0.6) is 0 Å². The summed E-state index contributed by atoms with van der Waals surface area (Å²) in [5.74, 6) is 0.371. The fraction of sp³-hybridized carbons (Fsp3) is 0.750. The van der Waals surface area contributed by atoms with E-state index in [1.807, 2.05) is 0 Å². The number of urea groups is 1. The van der Waals surface area contributed by atoms with Gasteiger partial charge in [0.2, 0.25) is 0 Å². The van der Waals surface area contributed by atoms with Crippen molar-refractivity contribution < 1.29 is 9.59 Å². The van der Waals surface area contributed by atoms with E-state index >= 15 is 0 Å². The molecule has 12 heavy (non-hydrogen) atoms. The first-order chi connectivity index (χ1) is 5.59. The van der Waals surface area contributed by atoms with Crippen molar-refractivity contribution in [1.82, 2.24) is 10.6 Å². The highest BCUT2D eigenvalue weighted by molar-refractivity contribution is 6.04. The molecule has 1 rings (SSSR count). The van der Waals surface area contributed by atoms with Crippen LogP contribution < -0.4 is 10.6 Å². The summed E-state index contributed by atoms with van der Waals surface area (Å²) >= 11 is 0. The highest BCUT2D eigenvalue weighted by atomic mass is 16.2. The highest BCUT2D eigenvalue weighted by Gasteiger charge is 2.28. The average Bonchev–Trinajstić information content (AvgIpc) is 2.26. The number of nitrogens with one attached hydrogen (secondary N) is 2. The molecule has 68 valence electrons. The van der Waals surface area contributed by atoms with E-state index in [0.29, 0.717) is 5.92 Å². The van der Waals surface area contributed by atoms with Gasteiger partial charge in [-0.05, 0) is 18.8 Å². The maximum Gasteiger partial charge on any atom is 0.322 e. The zero-order valence-electron chi connectivity index (χ0n) is 7.39. The molecule has 0 spiro atoms. The van der Waals surface area contributed by atoms with Gasteiger partial charge in [-0.15, -0.1) is 0 Å². The third-order valence-electron chi connectivity index (χ3n) is 1.89. The van der Waals surface area contributed by atoms with E-state index in [4.69, 9.17) is 0 Å². The van der Waals surface area contributed by atoms with Crippen LogP contribution in [-0.2, 0) is 4.79 Å². The minimum absolute atomic E-state index is 0.194. The molecule has 1 fully saturated rings. The van der Waals surface area contributed by atoms with Gasteiger partial charge in [-0.25, -0.2) is 4.79 Å². The molecule has 3 amide bonds. The molecule has 0 aromatic carbocycles. The van der Waals surface area contributed by atoms with E-state index in [9.17, 15) is 9.59 Å². The third-order valence-corrected chi connectivity index (χ3v) is 1.89. The van der Waals surface area contributed by atoms with E-state index in [2.05, 4.69) is 24.5 Å². The zero-order valence-corrected chi connectivity index (χ0v) is 7.39. The van der Waals surface area contributed by atoms with Gasteiger partial charge in [0.25, 0.3) is 5.91 Å². The standard InChI is InChI=1S/C8H14N2O2/c1-5(2)3-4-6-7(11)10-8(12)9-6/h5-6H,3-4H2,1-2H3,(H2,9,10,11,12). The fourth-order valence-corrected chi connectivity index (χ4v) is 1.16. The molecule has 0 saturated carbocycles. The van der Waals surface area contributed by atoms with Crippen molar-refractivity contribution >= 4 is 11.9 Å². The summed E-state index contributed by atoms with van der Waals surface area (Å²) in [7, 11) is 0. The molecule has 0 aromatic rings. The molecule has 1 heterocycles. The Bertz CT molecular complexity index is 201. The first-order valence-corrected chi connectivity index (χ1v) is 4.21. The van der Waals surface area contributed by atoms with Gasteiger partial charge in [-0.2, -0.15) is 0 Å². The Morgan fingerprint density at radius 2 is 2.08 bits per heavy atom. The smallest absolute Gasteiger partial charge is 0.322 e. The lowest BCUT2D eigenvalue weighted by molar-refractivity contribution is -0.120. The molecule has 4 nitrogen and oxygen atoms in total. The lowest BCUT2D eigenvalue weighted by atomic mass is 10.0.